The van der Waals surface area contributed by atoms with Gasteiger partial charge in [-0.05, 0) is 59.5 Å². The zero-order valence-electron chi connectivity index (χ0n) is 16.8. The Balaban J connectivity index is 0.00000240. The molecule has 1 aromatic carbocycles. The van der Waals surface area contributed by atoms with E-state index in [9.17, 15) is 9.18 Å². The highest BCUT2D eigenvalue weighted by atomic mass is 125. The number of amides is 1. The average Bonchev–Trinajstić information content (AvgIpc) is 2.73. The molecule has 11 heteroatoms. The predicted molar refractivity (Wildman–Crippen MR) is 131 cm³/mol. The molecule has 0 saturated heterocycles. The second kappa shape index (κ2) is 13.6. The third-order valence-corrected chi connectivity index (χ3v) is 4.96. The summed E-state index contributed by atoms with van der Waals surface area (Å²) in [6.45, 7) is 4.83. The minimum absolute atomic E-state index is 0. The van der Waals surface area contributed by atoms with E-state index in [4.69, 9.17) is 4.74 Å². The summed E-state index contributed by atoms with van der Waals surface area (Å²) in [6.07, 6.45) is 2.87. The molecule has 0 unspecified atom stereocenters. The lowest BCUT2D eigenvalue weighted by Crippen LogP contribution is -2.37. The van der Waals surface area contributed by atoms with E-state index in [1.165, 1.54) is 12.4 Å². The minimum Gasteiger partial charge on any atom is -0.487 e. The van der Waals surface area contributed by atoms with E-state index < -0.39 is 5.95 Å². The van der Waals surface area contributed by atoms with Crippen molar-refractivity contribution < 1.29 is 13.9 Å². The Bertz CT molecular complexity index is 999. The number of aromatic nitrogens is 3. The van der Waals surface area contributed by atoms with Crippen molar-refractivity contribution in [3.05, 3.63) is 57.9 Å². The highest BCUT2D eigenvalue weighted by Gasteiger charge is 2.10. The van der Waals surface area contributed by atoms with Gasteiger partial charge in [0.15, 0.2) is 5.75 Å². The molecule has 0 aliphatic heterocycles. The smallest absolute Gasteiger partial charge is 0.271 e. The van der Waals surface area contributed by atoms with Crippen LogP contribution in [0.5, 0.6) is 5.75 Å². The van der Waals surface area contributed by atoms with Crippen molar-refractivity contribution in [2.45, 2.75) is 6.92 Å². The second-order valence-electron chi connectivity index (χ2n) is 6.22. The lowest BCUT2D eigenvalue weighted by atomic mass is 10.3. The number of carbonyl (C=O) groups is 1. The maximum atomic E-state index is 13.5. The molecule has 0 aliphatic rings. The molecule has 31 heavy (non-hydrogen) atoms. The molecule has 0 bridgehead atoms. The molecular formula is C20H23Cl2FIN5O2. The Kier molecular flexibility index (Phi) is 11.9. The molecule has 3 aromatic rings. The van der Waals surface area contributed by atoms with E-state index in [0.29, 0.717) is 31.8 Å². The molecule has 1 N–H and O–H groups in total. The average molecular weight is 580 g/mol. The summed E-state index contributed by atoms with van der Waals surface area (Å²) in [5, 5.41) is 2.86. The number of hydrogen-bond acceptors (Lipinski definition) is 6. The van der Waals surface area contributed by atoms with Crippen LogP contribution in [0.3, 0.4) is 0 Å². The summed E-state index contributed by atoms with van der Waals surface area (Å²) >= 11 is 2.21. The molecule has 0 fully saturated rings. The number of halogens is 4. The summed E-state index contributed by atoms with van der Waals surface area (Å²) in [4.78, 5) is 26.7. The fourth-order valence-corrected chi connectivity index (χ4v) is 3.18. The molecule has 0 radical (unpaired) electrons. The van der Waals surface area contributed by atoms with Crippen LogP contribution in [0.2, 0.25) is 0 Å². The zero-order valence-corrected chi connectivity index (χ0v) is 20.5. The highest BCUT2D eigenvalue weighted by molar-refractivity contribution is 14.1. The van der Waals surface area contributed by atoms with Gasteiger partial charge in [-0.1, -0.05) is 6.92 Å². The zero-order chi connectivity index (χ0) is 20.6. The van der Waals surface area contributed by atoms with Crippen LogP contribution < -0.4 is 10.1 Å². The second-order valence-corrected chi connectivity index (χ2v) is 7.46. The van der Waals surface area contributed by atoms with Crippen LogP contribution in [-0.4, -0.2) is 58.5 Å². The number of ether oxygens (including phenoxy) is 1. The van der Waals surface area contributed by atoms with Crippen molar-refractivity contribution in [3.63, 3.8) is 0 Å². The van der Waals surface area contributed by atoms with Crippen LogP contribution in [0.4, 0.5) is 4.39 Å². The van der Waals surface area contributed by atoms with Gasteiger partial charge >= 0.3 is 0 Å². The molecule has 3 rings (SSSR count). The van der Waals surface area contributed by atoms with Crippen molar-refractivity contribution in [1.82, 2.24) is 25.2 Å². The summed E-state index contributed by atoms with van der Waals surface area (Å²) in [5.74, 6) is -0.738. The van der Waals surface area contributed by atoms with E-state index in [0.717, 1.165) is 15.6 Å². The van der Waals surface area contributed by atoms with Gasteiger partial charge in [0.2, 0.25) is 0 Å². The highest BCUT2D eigenvalue weighted by Crippen LogP contribution is 2.14. The molecule has 0 saturated carbocycles. The summed E-state index contributed by atoms with van der Waals surface area (Å²) in [6, 6.07) is 8.87. The monoisotopic (exact) mass is 579 g/mol. The minimum atomic E-state index is -0.617. The van der Waals surface area contributed by atoms with Crippen molar-refractivity contribution in [2.24, 2.45) is 0 Å². The number of pyridine rings is 1. The first kappa shape index (κ1) is 27.2. The number of fused-ring (bicyclic) bond motifs is 1. The van der Waals surface area contributed by atoms with Crippen molar-refractivity contribution in [3.8, 4) is 5.75 Å². The maximum Gasteiger partial charge on any atom is 0.271 e. The Hall–Kier alpha value is -1.82. The molecule has 0 atom stereocenters. The first-order valence-electron chi connectivity index (χ1n) is 9.23. The number of nitrogens with one attached hydrogen (secondary N) is 1. The maximum absolute atomic E-state index is 13.5. The molecule has 0 aliphatic carbocycles. The number of likely N-dealkylation sites (N-methyl/N-ethyl adjacent to an activating group) is 1. The number of benzene rings is 1. The van der Waals surface area contributed by atoms with E-state index in [1.807, 2.05) is 25.1 Å². The number of rotatable bonds is 9. The van der Waals surface area contributed by atoms with E-state index in [1.54, 1.807) is 12.1 Å². The van der Waals surface area contributed by atoms with Crippen LogP contribution in [0.1, 0.15) is 17.4 Å². The summed E-state index contributed by atoms with van der Waals surface area (Å²) in [5.41, 5.74) is 1.74. The van der Waals surface area contributed by atoms with Crippen LogP contribution in [0.25, 0.3) is 11.0 Å². The Labute approximate surface area is 206 Å². The first-order chi connectivity index (χ1) is 14.1. The van der Waals surface area contributed by atoms with E-state index in [2.05, 4.69) is 47.8 Å². The predicted octanol–water partition coefficient (Wildman–Crippen LogP) is 3.74. The van der Waals surface area contributed by atoms with Gasteiger partial charge in [0.25, 0.3) is 11.9 Å². The molecule has 168 valence electrons. The Morgan fingerprint density at radius 2 is 2.00 bits per heavy atom. The fraction of sp³-hybridized carbons (Fsp3) is 0.300. The van der Waals surface area contributed by atoms with Crippen LogP contribution in [0, 0.1) is 9.52 Å². The van der Waals surface area contributed by atoms with Crippen molar-refractivity contribution >= 4 is 64.3 Å². The largest absolute Gasteiger partial charge is 0.487 e. The lowest BCUT2D eigenvalue weighted by molar-refractivity contribution is 0.0942. The Morgan fingerprint density at radius 1 is 1.19 bits per heavy atom. The quantitative estimate of drug-likeness (QED) is 0.307. The van der Waals surface area contributed by atoms with Gasteiger partial charge in [0.1, 0.15) is 12.3 Å². The fourth-order valence-electron chi connectivity index (χ4n) is 2.70. The normalized spacial score (nSPS) is 10.3. The summed E-state index contributed by atoms with van der Waals surface area (Å²) < 4.78 is 20.0. The van der Waals surface area contributed by atoms with Crippen LogP contribution in [-0.2, 0) is 0 Å². The van der Waals surface area contributed by atoms with E-state index >= 15 is 0 Å². The molecule has 2 heterocycles. The molecule has 1 amide bonds. The lowest BCUT2D eigenvalue weighted by Gasteiger charge is -2.20. The van der Waals surface area contributed by atoms with Gasteiger partial charge in [-0.15, -0.1) is 24.8 Å². The number of nitrogens with zero attached hydrogens (tertiary/aromatic N) is 4. The van der Waals surface area contributed by atoms with Gasteiger partial charge in [-0.3, -0.25) is 14.7 Å². The SMILES string of the molecule is CCN(CCNC(=O)c1cnc2cc([125I])ccc2n1)CCOc1cccnc1F.Cl.Cl. The van der Waals surface area contributed by atoms with E-state index in [-0.39, 0.29) is 42.2 Å². The van der Waals surface area contributed by atoms with Crippen LogP contribution in [0.15, 0.2) is 42.7 Å². The van der Waals surface area contributed by atoms with Gasteiger partial charge in [0.05, 0.1) is 17.2 Å². The topological polar surface area (TPSA) is 80.2 Å². The number of hydrogen-bond donors (Lipinski definition) is 1. The Morgan fingerprint density at radius 3 is 2.74 bits per heavy atom. The summed E-state index contributed by atoms with van der Waals surface area (Å²) in [7, 11) is 0. The van der Waals surface area contributed by atoms with Crippen molar-refractivity contribution in [1.29, 1.82) is 0 Å². The third kappa shape index (κ3) is 7.99. The standard InChI is InChI=1S/C20H21FIN5O2.2ClH/c1-2-27(10-11-29-18-4-3-7-23-19(18)21)9-8-24-20(28)17-13-25-16-12-14(22)5-6-15(16)26-17;;/h3-7,12-13H,2,8-11H2,1H3,(H,24,28);2*1H/i22-2;;. The molecular weight excluding hydrogens is 557 g/mol. The molecule has 2 aromatic heterocycles. The van der Waals surface area contributed by atoms with Gasteiger partial charge in [-0.2, -0.15) is 4.39 Å². The third-order valence-electron chi connectivity index (χ3n) is 4.29. The first-order valence-corrected chi connectivity index (χ1v) is 10.3. The molecule has 0 spiro atoms. The van der Waals surface area contributed by atoms with Crippen LogP contribution >= 0.6 is 47.4 Å². The molecule has 7 nitrogen and oxygen atoms in total. The van der Waals surface area contributed by atoms with Gasteiger partial charge in [0, 0.05) is 29.4 Å². The van der Waals surface area contributed by atoms with Crippen molar-refractivity contribution in [2.75, 3.05) is 32.8 Å². The number of carbonyl (C=O) groups excluding carboxylic acids is 1. The van der Waals surface area contributed by atoms with Gasteiger partial charge in [-0.25, -0.2) is 9.97 Å². The van der Waals surface area contributed by atoms with Gasteiger partial charge < -0.3 is 10.1 Å².